The van der Waals surface area contributed by atoms with Crippen LogP contribution >= 0.6 is 11.6 Å². The highest BCUT2D eigenvalue weighted by Crippen LogP contribution is 2.11. The van der Waals surface area contributed by atoms with Gasteiger partial charge in [0, 0.05) is 24.7 Å². The molecule has 29 heavy (non-hydrogen) atoms. The molecule has 0 radical (unpaired) electrons. The number of nitrogen functional groups attached to an aromatic ring is 1. The monoisotopic (exact) mass is 419 g/mol. The normalized spacial score (nSPS) is 11.2. The number of ether oxygens (including phenoxy) is 1. The fourth-order valence-electron chi connectivity index (χ4n) is 2.58. The lowest BCUT2D eigenvalue weighted by atomic mass is 10.1. The summed E-state index contributed by atoms with van der Waals surface area (Å²) in [6.45, 7) is 3.30. The molecule has 8 nitrogen and oxygen atoms in total. The van der Waals surface area contributed by atoms with Crippen molar-refractivity contribution in [2.45, 2.75) is 20.4 Å². The van der Waals surface area contributed by atoms with Gasteiger partial charge in [0.1, 0.15) is 11.4 Å². The Labute approximate surface area is 172 Å². The smallest absolute Gasteiger partial charge is 0.332 e. The van der Waals surface area contributed by atoms with Gasteiger partial charge < -0.3 is 10.5 Å². The molecule has 0 bridgehead atoms. The van der Waals surface area contributed by atoms with E-state index >= 15 is 0 Å². The number of halogens is 1. The summed E-state index contributed by atoms with van der Waals surface area (Å²) >= 11 is 5.79. The van der Waals surface area contributed by atoms with Crippen molar-refractivity contribution < 1.29 is 14.3 Å². The van der Waals surface area contributed by atoms with Crippen LogP contribution in [0.4, 0.5) is 5.82 Å². The minimum atomic E-state index is -0.828. The molecular formula is C20H22ClN3O5. The standard InChI is InChI=1S/C20H22ClN3O5/c1-12(2)10-24-18(22)17(19(27)23(3)20(24)28)15(25)11-29-16(26)9-6-13-4-7-14(21)8-5-13/h4-9,12H,10-11,22H2,1-3H3. The van der Waals surface area contributed by atoms with Crippen molar-refractivity contribution in [1.82, 2.24) is 9.13 Å². The van der Waals surface area contributed by atoms with Gasteiger partial charge in [-0.05, 0) is 29.7 Å². The molecule has 0 unspecified atom stereocenters. The van der Waals surface area contributed by atoms with E-state index < -0.39 is 29.6 Å². The zero-order valence-corrected chi connectivity index (χ0v) is 17.1. The highest BCUT2D eigenvalue weighted by atomic mass is 35.5. The number of benzene rings is 1. The van der Waals surface area contributed by atoms with Crippen molar-refractivity contribution in [2.24, 2.45) is 13.0 Å². The lowest BCUT2D eigenvalue weighted by molar-refractivity contribution is -0.136. The third-order valence-corrected chi connectivity index (χ3v) is 4.29. The summed E-state index contributed by atoms with van der Waals surface area (Å²) in [4.78, 5) is 49.0. The van der Waals surface area contributed by atoms with E-state index in [0.29, 0.717) is 5.02 Å². The molecule has 0 spiro atoms. The van der Waals surface area contributed by atoms with Crippen molar-refractivity contribution in [1.29, 1.82) is 0 Å². The van der Waals surface area contributed by atoms with Crippen molar-refractivity contribution in [3.05, 3.63) is 67.3 Å². The number of carbonyl (C=O) groups is 2. The number of hydrogen-bond acceptors (Lipinski definition) is 6. The van der Waals surface area contributed by atoms with Gasteiger partial charge >= 0.3 is 11.7 Å². The average molecular weight is 420 g/mol. The third-order valence-electron chi connectivity index (χ3n) is 4.04. The molecule has 1 aromatic heterocycles. The fraction of sp³-hybridized carbons (Fsp3) is 0.300. The summed E-state index contributed by atoms with van der Waals surface area (Å²) in [5, 5.41) is 0.563. The molecule has 9 heteroatoms. The Morgan fingerprint density at radius 3 is 2.41 bits per heavy atom. The van der Waals surface area contributed by atoms with E-state index in [4.69, 9.17) is 22.1 Å². The minimum Gasteiger partial charge on any atom is -0.454 e. The number of anilines is 1. The molecule has 154 valence electrons. The second-order valence-corrected chi connectivity index (χ2v) is 7.26. The second kappa shape index (κ2) is 9.38. The number of esters is 1. The molecule has 2 aromatic rings. The molecule has 1 aromatic carbocycles. The van der Waals surface area contributed by atoms with E-state index in [0.717, 1.165) is 16.2 Å². The number of rotatable bonds is 7. The zero-order valence-electron chi connectivity index (χ0n) is 16.3. The maximum Gasteiger partial charge on any atom is 0.332 e. The molecule has 2 rings (SSSR count). The van der Waals surface area contributed by atoms with Gasteiger partial charge in [0.05, 0.1) is 0 Å². The maximum atomic E-state index is 12.5. The van der Waals surface area contributed by atoms with Gasteiger partial charge in [0.25, 0.3) is 5.56 Å². The van der Waals surface area contributed by atoms with Gasteiger partial charge in [-0.3, -0.25) is 18.7 Å². The van der Waals surface area contributed by atoms with Gasteiger partial charge in [-0.2, -0.15) is 0 Å². The van der Waals surface area contributed by atoms with Crippen LogP contribution in [0.15, 0.2) is 39.9 Å². The first-order valence-electron chi connectivity index (χ1n) is 8.84. The summed E-state index contributed by atoms with van der Waals surface area (Å²) in [7, 11) is 1.26. The number of nitrogens with zero attached hydrogens (tertiary/aromatic N) is 2. The number of Topliss-reactive ketones (excluding diaryl/α,β-unsaturated/α-hetero) is 1. The van der Waals surface area contributed by atoms with Gasteiger partial charge in [-0.1, -0.05) is 37.6 Å². The maximum absolute atomic E-state index is 12.5. The molecule has 0 fully saturated rings. The molecule has 0 aliphatic heterocycles. The first-order chi connectivity index (χ1) is 13.6. The van der Waals surface area contributed by atoms with Crippen molar-refractivity contribution in [3.8, 4) is 0 Å². The lowest BCUT2D eigenvalue weighted by Gasteiger charge is -2.16. The van der Waals surface area contributed by atoms with Crippen molar-refractivity contribution in [2.75, 3.05) is 12.3 Å². The Kier molecular flexibility index (Phi) is 7.17. The predicted molar refractivity (Wildman–Crippen MR) is 111 cm³/mol. The Morgan fingerprint density at radius 1 is 1.21 bits per heavy atom. The molecule has 0 saturated carbocycles. The first kappa shape index (κ1) is 22.2. The predicted octanol–water partition coefficient (Wildman–Crippen LogP) is 1.88. The van der Waals surface area contributed by atoms with E-state index in [1.54, 1.807) is 24.3 Å². The van der Waals surface area contributed by atoms with E-state index in [9.17, 15) is 19.2 Å². The molecule has 0 aliphatic rings. The van der Waals surface area contributed by atoms with Crippen molar-refractivity contribution >= 4 is 35.2 Å². The number of ketones is 1. The number of hydrogen-bond donors (Lipinski definition) is 1. The zero-order chi connectivity index (χ0) is 21.7. The average Bonchev–Trinajstić information content (AvgIpc) is 2.67. The van der Waals surface area contributed by atoms with Gasteiger partial charge in [-0.15, -0.1) is 0 Å². The summed E-state index contributed by atoms with van der Waals surface area (Å²) < 4.78 is 6.89. The van der Waals surface area contributed by atoms with E-state index in [-0.39, 0.29) is 23.8 Å². The molecule has 0 aliphatic carbocycles. The Hall–Kier alpha value is -3.13. The van der Waals surface area contributed by atoms with Crippen LogP contribution in [0.25, 0.3) is 6.08 Å². The Morgan fingerprint density at radius 2 is 1.83 bits per heavy atom. The summed E-state index contributed by atoms with van der Waals surface area (Å²) in [5.41, 5.74) is 4.83. The molecule has 0 amide bonds. The summed E-state index contributed by atoms with van der Waals surface area (Å²) in [5.74, 6) is -1.72. The van der Waals surface area contributed by atoms with Crippen LogP contribution in [0.3, 0.4) is 0 Å². The quantitative estimate of drug-likeness (QED) is 0.416. The van der Waals surface area contributed by atoms with Crippen LogP contribution in [0.1, 0.15) is 29.8 Å². The molecule has 0 atom stereocenters. The van der Waals surface area contributed by atoms with E-state index in [1.165, 1.54) is 17.7 Å². The molecule has 1 heterocycles. The topological polar surface area (TPSA) is 113 Å². The van der Waals surface area contributed by atoms with Crippen molar-refractivity contribution in [3.63, 3.8) is 0 Å². The van der Waals surface area contributed by atoms with Crippen LogP contribution in [-0.4, -0.2) is 27.5 Å². The second-order valence-electron chi connectivity index (χ2n) is 6.83. The fourth-order valence-corrected chi connectivity index (χ4v) is 2.71. The van der Waals surface area contributed by atoms with E-state index in [2.05, 4.69) is 0 Å². The van der Waals surface area contributed by atoms with Gasteiger partial charge in [0.15, 0.2) is 6.61 Å². The molecule has 0 saturated heterocycles. The van der Waals surface area contributed by atoms with Gasteiger partial charge in [0.2, 0.25) is 5.78 Å². The largest absolute Gasteiger partial charge is 0.454 e. The summed E-state index contributed by atoms with van der Waals surface area (Å²) in [6, 6.07) is 6.75. The molecule has 2 N–H and O–H groups in total. The van der Waals surface area contributed by atoms with Crippen LogP contribution in [0.5, 0.6) is 0 Å². The van der Waals surface area contributed by atoms with Crippen LogP contribution in [-0.2, 0) is 23.1 Å². The number of carbonyl (C=O) groups excluding carboxylic acids is 2. The SMILES string of the molecule is CC(C)Cn1c(N)c(C(=O)COC(=O)C=Cc2ccc(Cl)cc2)c(=O)n(C)c1=O. The lowest BCUT2D eigenvalue weighted by Crippen LogP contribution is -2.43. The van der Waals surface area contributed by atoms with Crippen LogP contribution in [0.2, 0.25) is 5.02 Å². The first-order valence-corrected chi connectivity index (χ1v) is 9.22. The highest BCUT2D eigenvalue weighted by Gasteiger charge is 2.22. The van der Waals surface area contributed by atoms with Gasteiger partial charge in [-0.25, -0.2) is 9.59 Å². The molecular weight excluding hydrogens is 398 g/mol. The number of nitrogens with two attached hydrogens (primary N) is 1. The minimum absolute atomic E-state index is 0.0614. The van der Waals surface area contributed by atoms with Crippen LogP contribution in [0, 0.1) is 5.92 Å². The summed E-state index contributed by atoms with van der Waals surface area (Å²) in [6.07, 6.45) is 2.65. The Balaban J connectivity index is 2.17. The third kappa shape index (κ3) is 5.45. The Bertz CT molecular complexity index is 1070. The van der Waals surface area contributed by atoms with Crippen LogP contribution < -0.4 is 17.0 Å². The highest BCUT2D eigenvalue weighted by molar-refractivity contribution is 6.30. The number of aromatic nitrogens is 2. The van der Waals surface area contributed by atoms with E-state index in [1.807, 2.05) is 13.8 Å².